The molecule has 0 amide bonds. The number of nitrogens with zero attached hydrogens (tertiary/aromatic N) is 4. The van der Waals surface area contributed by atoms with Gasteiger partial charge in [0.25, 0.3) is 0 Å². The first-order chi connectivity index (χ1) is 16.6. The van der Waals surface area contributed by atoms with Crippen LogP contribution in [0.4, 0.5) is 13.2 Å². The first-order valence-electron chi connectivity index (χ1n) is 11.6. The van der Waals surface area contributed by atoms with E-state index in [9.17, 15) is 18.0 Å². The number of methoxy groups -OCH3 is 1. The van der Waals surface area contributed by atoms with E-state index in [-0.39, 0.29) is 36.8 Å². The Hall–Kier alpha value is -3.08. The number of aromatic nitrogens is 5. The number of halogens is 3. The van der Waals surface area contributed by atoms with Gasteiger partial charge in [-0.1, -0.05) is 0 Å². The molecule has 3 aromatic heterocycles. The lowest BCUT2D eigenvalue weighted by Crippen LogP contribution is -2.70. The zero-order chi connectivity index (χ0) is 24.6. The van der Waals surface area contributed by atoms with Crippen molar-refractivity contribution in [3.63, 3.8) is 0 Å². The number of aromatic amines is 1. The molecule has 35 heavy (non-hydrogen) atoms. The molecule has 7 rings (SSSR count). The number of pyridine rings is 1. The van der Waals surface area contributed by atoms with E-state index in [4.69, 9.17) is 19.4 Å². The molecule has 4 heterocycles. The summed E-state index contributed by atoms with van der Waals surface area (Å²) in [6, 6.07) is 3.19. The number of aryl methyl sites for hydroxylation is 1. The lowest BCUT2D eigenvalue weighted by atomic mass is 9.34. The summed E-state index contributed by atoms with van der Waals surface area (Å²) in [7, 11) is 1.48. The van der Waals surface area contributed by atoms with Gasteiger partial charge in [-0.2, -0.15) is 13.2 Å². The molecule has 3 aromatic rings. The first-order valence-corrected chi connectivity index (χ1v) is 11.6. The number of rotatable bonds is 4. The quantitative estimate of drug-likeness (QED) is 0.592. The van der Waals surface area contributed by atoms with E-state index in [1.807, 2.05) is 0 Å². The Morgan fingerprint density at radius 3 is 2.57 bits per heavy atom. The van der Waals surface area contributed by atoms with Crippen LogP contribution in [0.2, 0.25) is 0 Å². The maximum absolute atomic E-state index is 13.6. The minimum atomic E-state index is -4.22. The zero-order valence-electron chi connectivity index (χ0n) is 19.3. The van der Waals surface area contributed by atoms with Crippen LogP contribution in [0.25, 0.3) is 11.2 Å². The molecule has 4 aliphatic rings. The van der Waals surface area contributed by atoms with E-state index in [2.05, 4.69) is 15.0 Å². The van der Waals surface area contributed by atoms with Gasteiger partial charge in [-0.05, 0) is 50.7 Å². The third-order valence-corrected chi connectivity index (χ3v) is 7.84. The highest BCUT2D eigenvalue weighted by Gasteiger charge is 2.79. The van der Waals surface area contributed by atoms with Gasteiger partial charge in [0.15, 0.2) is 5.65 Å². The van der Waals surface area contributed by atoms with Crippen molar-refractivity contribution in [2.45, 2.75) is 62.6 Å². The summed E-state index contributed by atoms with van der Waals surface area (Å²) in [5.74, 6) is 0.795. The highest BCUT2D eigenvalue weighted by molar-refractivity contribution is 5.76. The maximum atomic E-state index is 13.6. The van der Waals surface area contributed by atoms with Gasteiger partial charge in [-0.25, -0.2) is 19.9 Å². The van der Waals surface area contributed by atoms with E-state index in [1.54, 1.807) is 19.2 Å². The second kappa shape index (κ2) is 7.46. The fourth-order valence-corrected chi connectivity index (χ4v) is 6.00. The van der Waals surface area contributed by atoms with Crippen molar-refractivity contribution in [2.24, 2.45) is 5.41 Å². The Kier molecular flexibility index (Phi) is 4.77. The van der Waals surface area contributed by atoms with Crippen LogP contribution < -0.4 is 10.3 Å². The smallest absolute Gasteiger partial charge is 0.394 e. The van der Waals surface area contributed by atoms with Crippen molar-refractivity contribution in [1.29, 1.82) is 0 Å². The van der Waals surface area contributed by atoms with Gasteiger partial charge in [0.05, 0.1) is 24.3 Å². The van der Waals surface area contributed by atoms with Crippen LogP contribution in [-0.2, 0) is 10.2 Å². The molecule has 0 radical (unpaired) electrons. The third-order valence-electron chi connectivity index (χ3n) is 7.84. The van der Waals surface area contributed by atoms with Crippen molar-refractivity contribution in [2.75, 3.05) is 13.7 Å². The van der Waals surface area contributed by atoms with Crippen LogP contribution >= 0.6 is 0 Å². The number of alkyl halides is 3. The predicted molar refractivity (Wildman–Crippen MR) is 118 cm³/mol. The Balaban J connectivity index is 1.40. The van der Waals surface area contributed by atoms with Crippen LogP contribution in [0.1, 0.15) is 66.9 Å². The average molecular weight is 487 g/mol. The van der Waals surface area contributed by atoms with E-state index in [1.165, 1.54) is 13.2 Å². The van der Waals surface area contributed by atoms with Gasteiger partial charge < -0.3 is 14.5 Å². The molecular weight excluding hydrogens is 463 g/mol. The van der Waals surface area contributed by atoms with Crippen molar-refractivity contribution < 1.29 is 22.6 Å². The van der Waals surface area contributed by atoms with Crippen molar-refractivity contribution in [3.8, 4) is 5.88 Å². The van der Waals surface area contributed by atoms with Crippen LogP contribution in [0.3, 0.4) is 0 Å². The molecule has 1 saturated heterocycles. The Bertz CT molecular complexity index is 1350. The van der Waals surface area contributed by atoms with Gasteiger partial charge in [0.2, 0.25) is 11.4 Å². The van der Waals surface area contributed by atoms with Crippen molar-refractivity contribution in [1.82, 2.24) is 24.9 Å². The van der Waals surface area contributed by atoms with Crippen molar-refractivity contribution >= 4 is 11.2 Å². The molecule has 8 nitrogen and oxygen atoms in total. The van der Waals surface area contributed by atoms with Crippen molar-refractivity contribution in [3.05, 3.63) is 51.5 Å². The van der Waals surface area contributed by atoms with Crippen LogP contribution in [0.5, 0.6) is 5.88 Å². The maximum Gasteiger partial charge on any atom is 0.394 e. The summed E-state index contributed by atoms with van der Waals surface area (Å²) in [6.07, 6.45) is -1.53. The predicted octanol–water partition coefficient (Wildman–Crippen LogP) is 4.04. The molecule has 1 aliphatic heterocycles. The molecule has 184 valence electrons. The SMILES string of the molecule is COc1nc2c(C34CC(C(F)(F)F)(C3)C4)nc([C@H]3CCO[C@@H](c4ccc(=O)[nH]c4)C3)nc2nc1C. The number of fused-ring (bicyclic) bond motifs is 1. The number of H-pyrrole nitrogens is 1. The monoisotopic (exact) mass is 487 g/mol. The highest BCUT2D eigenvalue weighted by Crippen LogP contribution is 2.78. The van der Waals surface area contributed by atoms with Crippen LogP contribution in [-0.4, -0.2) is 44.8 Å². The molecular formula is C24H24F3N5O3. The fourth-order valence-electron chi connectivity index (χ4n) is 6.00. The minimum absolute atomic E-state index is 0.0146. The Morgan fingerprint density at radius 2 is 1.91 bits per heavy atom. The lowest BCUT2D eigenvalue weighted by molar-refractivity contribution is -0.337. The summed E-state index contributed by atoms with van der Waals surface area (Å²) in [4.78, 5) is 32.8. The first kappa shape index (κ1) is 22.4. The van der Waals surface area contributed by atoms with Crippen LogP contribution in [0, 0.1) is 12.3 Å². The number of hydrogen-bond donors (Lipinski definition) is 1. The summed E-state index contributed by atoms with van der Waals surface area (Å²) >= 11 is 0. The summed E-state index contributed by atoms with van der Waals surface area (Å²) in [5, 5.41) is 0. The van der Waals surface area contributed by atoms with E-state index >= 15 is 0 Å². The zero-order valence-corrected chi connectivity index (χ0v) is 19.3. The van der Waals surface area contributed by atoms with Gasteiger partial charge >= 0.3 is 6.18 Å². The molecule has 0 spiro atoms. The Morgan fingerprint density at radius 1 is 1.14 bits per heavy atom. The molecule has 1 N–H and O–H groups in total. The second-order valence-corrected chi connectivity index (χ2v) is 10.1. The average Bonchev–Trinajstić information content (AvgIpc) is 2.76. The van der Waals surface area contributed by atoms with Gasteiger partial charge in [-0.15, -0.1) is 0 Å². The largest absolute Gasteiger partial charge is 0.480 e. The number of nitrogens with one attached hydrogen (secondary N) is 1. The third kappa shape index (κ3) is 3.35. The van der Waals surface area contributed by atoms with Crippen LogP contribution in [0.15, 0.2) is 23.1 Å². The molecule has 0 unspecified atom stereocenters. The minimum Gasteiger partial charge on any atom is -0.480 e. The summed E-state index contributed by atoms with van der Waals surface area (Å²) in [6.45, 7) is 2.23. The molecule has 3 aliphatic carbocycles. The lowest BCUT2D eigenvalue weighted by Gasteiger charge is -2.70. The fraction of sp³-hybridized carbons (Fsp3) is 0.542. The second-order valence-electron chi connectivity index (χ2n) is 10.1. The molecule has 4 fully saturated rings. The van der Waals surface area contributed by atoms with Gasteiger partial charge in [0.1, 0.15) is 17.0 Å². The van der Waals surface area contributed by atoms with E-state index in [0.29, 0.717) is 53.7 Å². The van der Waals surface area contributed by atoms with Gasteiger partial charge in [0, 0.05) is 30.2 Å². The molecule has 11 heteroatoms. The molecule has 2 bridgehead atoms. The van der Waals surface area contributed by atoms with E-state index in [0.717, 1.165) is 5.56 Å². The standard InChI is InChI=1S/C24H24F3N5O3/c1-12-21(34-2)30-17-18(22-9-23(10-22,11-22)24(25,26)27)31-19(32-20(17)29-12)13-5-6-35-15(7-13)14-3-4-16(33)28-8-14/h3-4,8,13,15H,5-7,9-11H2,1-2H3,(H,28,33)/t13-,15+,22?,23?/m0/s1. The number of ether oxygens (including phenoxy) is 2. The summed E-state index contributed by atoms with van der Waals surface area (Å²) in [5.41, 5.74) is 0.270. The topological polar surface area (TPSA) is 103 Å². The van der Waals surface area contributed by atoms with E-state index < -0.39 is 17.0 Å². The van der Waals surface area contributed by atoms with Gasteiger partial charge in [-0.3, -0.25) is 4.79 Å². The molecule has 3 saturated carbocycles. The Labute approximate surface area is 198 Å². The highest BCUT2D eigenvalue weighted by atomic mass is 19.4. The normalized spacial score (nSPS) is 30.0. The molecule has 2 atom stereocenters. The molecule has 0 aromatic carbocycles. The number of hydrogen-bond acceptors (Lipinski definition) is 7. The summed E-state index contributed by atoms with van der Waals surface area (Å²) < 4.78 is 52.0.